The molecule has 23 heavy (non-hydrogen) atoms. The number of halogens is 1. The number of hydrogen-bond acceptors (Lipinski definition) is 4. The van der Waals surface area contributed by atoms with Crippen LogP contribution in [0.3, 0.4) is 0 Å². The molecule has 0 atom stereocenters. The molecule has 1 aliphatic heterocycles. The Labute approximate surface area is 150 Å². The van der Waals surface area contributed by atoms with Crippen LogP contribution in [-0.2, 0) is 4.79 Å². The van der Waals surface area contributed by atoms with E-state index in [-0.39, 0.29) is 5.91 Å². The van der Waals surface area contributed by atoms with Crippen molar-refractivity contribution in [1.29, 1.82) is 0 Å². The van der Waals surface area contributed by atoms with Gasteiger partial charge in [0.1, 0.15) is 0 Å². The maximum atomic E-state index is 12.4. The summed E-state index contributed by atoms with van der Waals surface area (Å²) in [5, 5.41) is 1.10. The molecule has 3 rings (SSSR count). The second kappa shape index (κ2) is 6.69. The summed E-state index contributed by atoms with van der Waals surface area (Å²) in [6.45, 7) is 0. The summed E-state index contributed by atoms with van der Waals surface area (Å²) in [6, 6.07) is 10.5. The topological polar surface area (TPSA) is 65.2 Å². The minimum absolute atomic E-state index is 0.290. The lowest BCUT2D eigenvalue weighted by molar-refractivity contribution is -0.123. The van der Waals surface area contributed by atoms with Gasteiger partial charge in [0.25, 0.3) is 11.8 Å². The van der Waals surface area contributed by atoms with Crippen LogP contribution in [0.4, 0.5) is 0 Å². The van der Waals surface area contributed by atoms with Gasteiger partial charge >= 0.3 is 0 Å². The van der Waals surface area contributed by atoms with E-state index in [4.69, 9.17) is 12.2 Å². The zero-order chi connectivity index (χ0) is 16.4. The second-order valence-corrected chi connectivity index (χ2v) is 7.18. The van der Waals surface area contributed by atoms with Gasteiger partial charge in [-0.3, -0.25) is 15.0 Å². The van der Waals surface area contributed by atoms with Crippen molar-refractivity contribution in [3.8, 4) is 0 Å². The number of hydrazine groups is 1. The van der Waals surface area contributed by atoms with Crippen LogP contribution in [-0.4, -0.2) is 26.1 Å². The van der Waals surface area contributed by atoms with E-state index in [0.29, 0.717) is 14.8 Å². The first-order valence-electron chi connectivity index (χ1n) is 6.52. The van der Waals surface area contributed by atoms with Crippen LogP contribution in [0, 0.1) is 0 Å². The zero-order valence-corrected chi connectivity index (χ0v) is 14.8. The van der Waals surface area contributed by atoms with Crippen LogP contribution < -0.4 is 5.43 Å². The van der Waals surface area contributed by atoms with Gasteiger partial charge < -0.3 is 4.98 Å². The lowest BCUT2D eigenvalue weighted by Crippen LogP contribution is -2.44. The number of nitrogens with zero attached hydrogens (tertiary/aromatic N) is 1. The van der Waals surface area contributed by atoms with Crippen LogP contribution in [0.1, 0.15) is 16.1 Å². The molecule has 2 aromatic rings. The molecule has 116 valence electrons. The van der Waals surface area contributed by atoms with Crippen LogP contribution in [0.25, 0.3) is 6.08 Å². The molecule has 5 nitrogen and oxygen atoms in total. The van der Waals surface area contributed by atoms with Crippen LogP contribution >= 0.6 is 39.9 Å². The van der Waals surface area contributed by atoms with Crippen molar-refractivity contribution >= 4 is 62.1 Å². The van der Waals surface area contributed by atoms with Crippen molar-refractivity contribution in [2.45, 2.75) is 0 Å². The van der Waals surface area contributed by atoms with Gasteiger partial charge in [0.05, 0.1) is 4.91 Å². The van der Waals surface area contributed by atoms with E-state index < -0.39 is 5.91 Å². The lowest BCUT2D eigenvalue weighted by atomic mass is 10.2. The summed E-state index contributed by atoms with van der Waals surface area (Å²) in [4.78, 5) is 28.0. The number of carbonyl (C=O) groups excluding carboxylic acids is 2. The number of aromatic amines is 1. The molecule has 8 heteroatoms. The molecule has 0 aliphatic carbocycles. The minimum atomic E-state index is -0.394. The quantitative estimate of drug-likeness (QED) is 0.604. The van der Waals surface area contributed by atoms with Gasteiger partial charge in [-0.25, -0.2) is 0 Å². The molecule has 1 aliphatic rings. The molecule has 1 fully saturated rings. The molecule has 0 bridgehead atoms. The predicted molar refractivity (Wildman–Crippen MR) is 97.4 cm³/mol. The number of H-pyrrole nitrogens is 1. The van der Waals surface area contributed by atoms with Gasteiger partial charge in [-0.15, -0.1) is 0 Å². The largest absolute Gasteiger partial charge is 0.362 e. The third-order valence-corrected chi connectivity index (χ3v) is 4.85. The van der Waals surface area contributed by atoms with Crippen molar-refractivity contribution < 1.29 is 9.59 Å². The summed E-state index contributed by atoms with van der Waals surface area (Å²) >= 11 is 9.63. The molecule has 0 unspecified atom stereocenters. The fourth-order valence-electron chi connectivity index (χ4n) is 1.91. The molecule has 0 radical (unpaired) electrons. The third kappa shape index (κ3) is 3.54. The summed E-state index contributed by atoms with van der Waals surface area (Å²) in [5.74, 6) is -0.741. The number of aromatic nitrogens is 1. The van der Waals surface area contributed by atoms with Gasteiger partial charge in [-0.05, 0) is 54.7 Å². The number of thioether (sulfide) groups is 1. The highest BCUT2D eigenvalue weighted by atomic mass is 79.9. The van der Waals surface area contributed by atoms with Gasteiger partial charge in [-0.1, -0.05) is 27.7 Å². The second-order valence-electron chi connectivity index (χ2n) is 4.59. The fourth-order valence-corrected chi connectivity index (χ4v) is 3.34. The van der Waals surface area contributed by atoms with Crippen molar-refractivity contribution in [3.63, 3.8) is 0 Å². The summed E-state index contributed by atoms with van der Waals surface area (Å²) in [5.41, 5.74) is 3.78. The smallest absolute Gasteiger partial charge is 0.285 e. The molecule has 0 spiro atoms. The summed E-state index contributed by atoms with van der Waals surface area (Å²) in [7, 11) is 0. The highest BCUT2D eigenvalue weighted by Gasteiger charge is 2.33. The van der Waals surface area contributed by atoms with Crippen molar-refractivity contribution in [2.75, 3.05) is 0 Å². The van der Waals surface area contributed by atoms with Gasteiger partial charge in [-0.2, -0.15) is 5.01 Å². The average Bonchev–Trinajstić information content (AvgIpc) is 3.12. The number of hydrogen-bond donors (Lipinski definition) is 2. The SMILES string of the molecule is O=C(NN1C(=O)C(=Cc2ccc[nH]2)SC1=S)c1ccc(Br)cc1. The maximum Gasteiger partial charge on any atom is 0.285 e. The molecule has 2 heterocycles. The number of amides is 2. The molecule has 0 saturated carbocycles. The first kappa shape index (κ1) is 16.0. The molecule has 1 aromatic heterocycles. The van der Waals surface area contributed by atoms with Crippen LogP contribution in [0.15, 0.2) is 52.0 Å². The Morgan fingerprint density at radius 3 is 2.70 bits per heavy atom. The predicted octanol–water partition coefficient (Wildman–Crippen LogP) is 3.32. The van der Waals surface area contributed by atoms with E-state index in [1.54, 1.807) is 36.5 Å². The molecular formula is C15H10BrN3O2S2. The highest BCUT2D eigenvalue weighted by molar-refractivity contribution is 9.10. The Morgan fingerprint density at radius 2 is 2.04 bits per heavy atom. The number of carbonyl (C=O) groups is 2. The number of nitrogens with one attached hydrogen (secondary N) is 2. The van der Waals surface area contributed by atoms with Crippen molar-refractivity contribution in [1.82, 2.24) is 15.4 Å². The van der Waals surface area contributed by atoms with E-state index >= 15 is 0 Å². The number of rotatable bonds is 3. The van der Waals surface area contributed by atoms with Crippen molar-refractivity contribution in [3.05, 3.63) is 63.2 Å². The van der Waals surface area contributed by atoms with Crippen molar-refractivity contribution in [2.24, 2.45) is 0 Å². The Kier molecular flexibility index (Phi) is 4.65. The Bertz CT molecular complexity index is 801. The molecule has 1 aromatic carbocycles. The third-order valence-electron chi connectivity index (χ3n) is 3.02. The lowest BCUT2D eigenvalue weighted by Gasteiger charge is -2.15. The van der Waals surface area contributed by atoms with E-state index in [1.165, 1.54) is 0 Å². The van der Waals surface area contributed by atoms with E-state index in [1.807, 2.05) is 12.1 Å². The average molecular weight is 408 g/mol. The molecule has 2 N–H and O–H groups in total. The fraction of sp³-hybridized carbons (Fsp3) is 0. The summed E-state index contributed by atoms with van der Waals surface area (Å²) in [6.07, 6.45) is 3.47. The standard InChI is InChI=1S/C15H10BrN3O2S2/c16-10-5-3-9(4-6-10)13(20)18-19-14(21)12(23-15(19)22)8-11-2-1-7-17-11/h1-8,17H,(H,18,20). The first-order valence-corrected chi connectivity index (χ1v) is 8.54. The number of benzene rings is 1. The number of thiocarbonyl (C=S) groups is 1. The Morgan fingerprint density at radius 1 is 1.30 bits per heavy atom. The van der Waals surface area contributed by atoms with E-state index in [0.717, 1.165) is 26.9 Å². The van der Waals surface area contributed by atoms with Crippen LogP contribution in [0.5, 0.6) is 0 Å². The Hall–Kier alpha value is -1.90. The van der Waals surface area contributed by atoms with E-state index in [2.05, 4.69) is 26.3 Å². The van der Waals surface area contributed by atoms with Crippen LogP contribution in [0.2, 0.25) is 0 Å². The summed E-state index contributed by atoms with van der Waals surface area (Å²) < 4.78 is 1.16. The van der Waals surface area contributed by atoms with Gasteiger partial charge in [0.2, 0.25) is 0 Å². The molecule has 2 amide bonds. The minimum Gasteiger partial charge on any atom is -0.362 e. The monoisotopic (exact) mass is 407 g/mol. The maximum absolute atomic E-state index is 12.4. The van der Waals surface area contributed by atoms with Gasteiger partial charge in [0, 0.05) is 21.9 Å². The first-order chi connectivity index (χ1) is 11.0. The van der Waals surface area contributed by atoms with E-state index in [9.17, 15) is 9.59 Å². The zero-order valence-electron chi connectivity index (χ0n) is 11.6. The molecular weight excluding hydrogens is 398 g/mol. The normalized spacial score (nSPS) is 16.2. The Balaban J connectivity index is 1.75. The highest BCUT2D eigenvalue weighted by Crippen LogP contribution is 2.31. The van der Waals surface area contributed by atoms with Gasteiger partial charge in [0.15, 0.2) is 4.32 Å². The molecule has 1 saturated heterocycles.